The van der Waals surface area contributed by atoms with Crippen molar-refractivity contribution in [2.24, 2.45) is 11.8 Å². The number of para-hydroxylation sites is 1. The van der Waals surface area contributed by atoms with Crippen molar-refractivity contribution in [3.63, 3.8) is 0 Å². The molecule has 0 N–H and O–H groups in total. The van der Waals surface area contributed by atoms with Gasteiger partial charge in [-0.25, -0.2) is 0 Å². The van der Waals surface area contributed by atoms with E-state index in [1.54, 1.807) is 24.3 Å². The second-order valence-electron chi connectivity index (χ2n) is 9.32. The number of anilines is 2. The highest BCUT2D eigenvalue weighted by atomic mass is 16.2. The Balaban J connectivity index is 1.24. The van der Waals surface area contributed by atoms with Gasteiger partial charge < -0.3 is 9.80 Å². The van der Waals surface area contributed by atoms with Crippen LogP contribution in [0.15, 0.2) is 48.5 Å². The topological polar surface area (TPSA) is 60.9 Å². The number of piperazine rings is 1. The summed E-state index contributed by atoms with van der Waals surface area (Å²) in [5.41, 5.74) is 3.77. The molecule has 0 bridgehead atoms. The molecule has 6 nitrogen and oxygen atoms in total. The van der Waals surface area contributed by atoms with Gasteiger partial charge in [0.2, 0.25) is 11.8 Å². The average molecular weight is 446 g/mol. The zero-order chi connectivity index (χ0) is 22.9. The zero-order valence-corrected chi connectivity index (χ0v) is 19.2. The molecule has 33 heavy (non-hydrogen) atoms. The number of fused-ring (bicyclic) bond motifs is 1. The fourth-order valence-corrected chi connectivity index (χ4v) is 5.62. The SMILES string of the molecule is CCc1ccccc1N1CCN(C(=O)c2ccc(N3C(=O)[C@H]4CCCC[C@@H]4C3=O)cc2)CC1. The highest BCUT2D eigenvalue weighted by Crippen LogP contribution is 2.40. The fraction of sp³-hybridized carbons (Fsp3) is 0.444. The maximum absolute atomic E-state index is 13.1. The highest BCUT2D eigenvalue weighted by molar-refractivity contribution is 6.22. The predicted molar refractivity (Wildman–Crippen MR) is 128 cm³/mol. The van der Waals surface area contributed by atoms with E-state index in [1.165, 1.54) is 16.2 Å². The molecule has 3 aliphatic rings. The molecule has 0 aromatic heterocycles. The number of amides is 3. The summed E-state index contributed by atoms with van der Waals surface area (Å²) in [6, 6.07) is 15.5. The standard InChI is InChI=1S/C27H31N3O3/c1-2-19-7-3-6-10-24(19)28-15-17-29(18-16-28)25(31)20-11-13-21(14-12-20)30-26(32)22-8-4-5-9-23(22)27(30)33/h3,6-7,10-14,22-23H,2,4-5,8-9,15-18H2,1H3/t22-,23-/m0/s1. The average Bonchev–Trinajstić information content (AvgIpc) is 3.13. The van der Waals surface area contributed by atoms with E-state index >= 15 is 0 Å². The van der Waals surface area contributed by atoms with Crippen LogP contribution in [0, 0.1) is 11.8 Å². The van der Waals surface area contributed by atoms with Crippen LogP contribution in [0.3, 0.4) is 0 Å². The number of imide groups is 1. The summed E-state index contributed by atoms with van der Waals surface area (Å²) in [6.07, 6.45) is 4.62. The summed E-state index contributed by atoms with van der Waals surface area (Å²) in [5, 5.41) is 0. The van der Waals surface area contributed by atoms with Crippen LogP contribution >= 0.6 is 0 Å². The largest absolute Gasteiger partial charge is 0.368 e. The number of benzene rings is 2. The van der Waals surface area contributed by atoms with E-state index in [0.29, 0.717) is 24.3 Å². The van der Waals surface area contributed by atoms with Gasteiger partial charge in [0.05, 0.1) is 17.5 Å². The van der Waals surface area contributed by atoms with E-state index < -0.39 is 0 Å². The van der Waals surface area contributed by atoms with Gasteiger partial charge in [0.25, 0.3) is 5.91 Å². The van der Waals surface area contributed by atoms with E-state index in [4.69, 9.17) is 0 Å². The third kappa shape index (κ3) is 3.92. The second-order valence-corrected chi connectivity index (χ2v) is 9.32. The normalized spacial score (nSPS) is 23.1. The van der Waals surface area contributed by atoms with Gasteiger partial charge in [-0.3, -0.25) is 19.3 Å². The molecule has 3 amide bonds. The van der Waals surface area contributed by atoms with E-state index in [0.717, 1.165) is 45.2 Å². The molecule has 5 rings (SSSR count). The number of carbonyl (C=O) groups is 3. The molecule has 6 heteroatoms. The molecule has 2 aromatic rings. The maximum Gasteiger partial charge on any atom is 0.253 e. The Bertz CT molecular complexity index is 1030. The van der Waals surface area contributed by atoms with Crippen molar-refractivity contribution in [2.45, 2.75) is 39.0 Å². The van der Waals surface area contributed by atoms with Crippen LogP contribution < -0.4 is 9.80 Å². The van der Waals surface area contributed by atoms with Crippen molar-refractivity contribution in [1.82, 2.24) is 4.90 Å². The van der Waals surface area contributed by atoms with E-state index in [2.05, 4.69) is 36.1 Å². The monoisotopic (exact) mass is 445 g/mol. The molecule has 0 unspecified atom stereocenters. The lowest BCUT2D eigenvalue weighted by molar-refractivity contribution is -0.122. The van der Waals surface area contributed by atoms with Crippen molar-refractivity contribution >= 4 is 29.1 Å². The van der Waals surface area contributed by atoms with Crippen molar-refractivity contribution in [2.75, 3.05) is 36.0 Å². The van der Waals surface area contributed by atoms with Gasteiger partial charge in [0.15, 0.2) is 0 Å². The maximum atomic E-state index is 13.1. The van der Waals surface area contributed by atoms with Crippen molar-refractivity contribution in [3.8, 4) is 0 Å². The van der Waals surface area contributed by atoms with Crippen molar-refractivity contribution in [1.29, 1.82) is 0 Å². The number of nitrogens with zero attached hydrogens (tertiary/aromatic N) is 3. The molecule has 1 saturated carbocycles. The third-order valence-corrected chi connectivity index (χ3v) is 7.49. The summed E-state index contributed by atoms with van der Waals surface area (Å²) in [6.45, 7) is 5.12. The number of aryl methyl sites for hydroxylation is 1. The Hall–Kier alpha value is -3.15. The molecule has 3 fully saturated rings. The van der Waals surface area contributed by atoms with E-state index in [-0.39, 0.29) is 29.6 Å². The molecular weight excluding hydrogens is 414 g/mol. The lowest BCUT2D eigenvalue weighted by atomic mass is 9.81. The van der Waals surface area contributed by atoms with Crippen LogP contribution in [0.2, 0.25) is 0 Å². The van der Waals surface area contributed by atoms with Crippen molar-refractivity contribution in [3.05, 3.63) is 59.7 Å². The minimum absolute atomic E-state index is 0.00211. The van der Waals surface area contributed by atoms with Crippen LogP contribution in [0.4, 0.5) is 11.4 Å². The first kappa shape index (κ1) is 21.7. The second kappa shape index (κ2) is 9.00. The molecule has 2 aliphatic heterocycles. The lowest BCUT2D eigenvalue weighted by Gasteiger charge is -2.37. The minimum Gasteiger partial charge on any atom is -0.368 e. The smallest absolute Gasteiger partial charge is 0.253 e. The molecule has 2 saturated heterocycles. The van der Waals surface area contributed by atoms with Gasteiger partial charge in [0.1, 0.15) is 0 Å². The van der Waals surface area contributed by atoms with Gasteiger partial charge in [-0.15, -0.1) is 0 Å². The van der Waals surface area contributed by atoms with E-state index in [1.807, 2.05) is 4.90 Å². The van der Waals surface area contributed by atoms with Gasteiger partial charge in [-0.05, 0) is 55.2 Å². The van der Waals surface area contributed by atoms with Crippen LogP contribution in [-0.2, 0) is 16.0 Å². The number of hydrogen-bond acceptors (Lipinski definition) is 4. The highest BCUT2D eigenvalue weighted by Gasteiger charge is 2.48. The van der Waals surface area contributed by atoms with Gasteiger partial charge in [-0.1, -0.05) is 38.0 Å². The predicted octanol–water partition coefficient (Wildman–Crippen LogP) is 3.89. The molecule has 1 aliphatic carbocycles. The number of rotatable bonds is 4. The van der Waals surface area contributed by atoms with Crippen LogP contribution in [0.25, 0.3) is 0 Å². The van der Waals surface area contributed by atoms with E-state index in [9.17, 15) is 14.4 Å². The fourth-order valence-electron chi connectivity index (χ4n) is 5.62. The number of hydrogen-bond donors (Lipinski definition) is 0. The molecule has 2 heterocycles. The lowest BCUT2D eigenvalue weighted by Crippen LogP contribution is -2.49. The van der Waals surface area contributed by atoms with Crippen LogP contribution in [-0.4, -0.2) is 48.8 Å². The summed E-state index contributed by atoms with van der Waals surface area (Å²) < 4.78 is 0. The van der Waals surface area contributed by atoms with Gasteiger partial charge in [-0.2, -0.15) is 0 Å². The Kier molecular flexibility index (Phi) is 5.92. The Morgan fingerprint density at radius 2 is 1.45 bits per heavy atom. The molecule has 0 radical (unpaired) electrons. The molecule has 0 spiro atoms. The van der Waals surface area contributed by atoms with Gasteiger partial charge in [0, 0.05) is 37.4 Å². The van der Waals surface area contributed by atoms with Crippen LogP contribution in [0.1, 0.15) is 48.5 Å². The molecule has 172 valence electrons. The van der Waals surface area contributed by atoms with Gasteiger partial charge >= 0.3 is 0 Å². The Labute approximate surface area is 195 Å². The summed E-state index contributed by atoms with van der Waals surface area (Å²) in [4.78, 5) is 44.4. The first-order chi connectivity index (χ1) is 16.1. The first-order valence-corrected chi connectivity index (χ1v) is 12.2. The Morgan fingerprint density at radius 3 is 2.06 bits per heavy atom. The molecule has 2 aromatic carbocycles. The molecule has 2 atom stereocenters. The summed E-state index contributed by atoms with van der Waals surface area (Å²) in [7, 11) is 0. The first-order valence-electron chi connectivity index (χ1n) is 12.2. The molecular formula is C27H31N3O3. The van der Waals surface area contributed by atoms with Crippen molar-refractivity contribution < 1.29 is 14.4 Å². The van der Waals surface area contributed by atoms with Crippen LogP contribution in [0.5, 0.6) is 0 Å². The summed E-state index contributed by atoms with van der Waals surface area (Å²) >= 11 is 0. The minimum atomic E-state index is -0.165. The quantitative estimate of drug-likeness (QED) is 0.670. The zero-order valence-electron chi connectivity index (χ0n) is 19.2. The third-order valence-electron chi connectivity index (χ3n) is 7.49. The Morgan fingerprint density at radius 1 is 0.848 bits per heavy atom. The summed E-state index contributed by atoms with van der Waals surface area (Å²) in [5.74, 6) is -0.486. The number of carbonyl (C=O) groups excluding carboxylic acids is 3.